The Labute approximate surface area is 144 Å². The van der Waals surface area contributed by atoms with Gasteiger partial charge in [-0.05, 0) is 60.5 Å². The van der Waals surface area contributed by atoms with E-state index in [1.165, 1.54) is 5.56 Å². The molecule has 2 N–H and O–H groups in total. The van der Waals surface area contributed by atoms with Gasteiger partial charge < -0.3 is 15.4 Å². The van der Waals surface area contributed by atoms with Crippen LogP contribution in [0.5, 0.6) is 5.75 Å². The molecular weight excluding hydrogens is 304 g/mol. The van der Waals surface area contributed by atoms with E-state index in [4.69, 9.17) is 17.0 Å². The molecular formula is C19H24N2OS. The topological polar surface area (TPSA) is 33.3 Å². The Morgan fingerprint density at radius 1 is 1.04 bits per heavy atom. The highest BCUT2D eigenvalue weighted by molar-refractivity contribution is 7.80. The summed E-state index contributed by atoms with van der Waals surface area (Å²) in [5, 5.41) is 7.04. The lowest BCUT2D eigenvalue weighted by atomic mass is 10.0. The van der Waals surface area contributed by atoms with Crippen LogP contribution in [-0.2, 0) is 6.54 Å². The Balaban J connectivity index is 1.82. The van der Waals surface area contributed by atoms with E-state index >= 15 is 0 Å². The van der Waals surface area contributed by atoms with Crippen LogP contribution in [0.3, 0.4) is 0 Å². The lowest BCUT2D eigenvalue weighted by molar-refractivity contribution is 0.340. The van der Waals surface area contributed by atoms with E-state index in [1.807, 2.05) is 31.2 Å². The van der Waals surface area contributed by atoms with Crippen molar-refractivity contribution >= 4 is 23.0 Å². The molecule has 2 rings (SSSR count). The summed E-state index contributed by atoms with van der Waals surface area (Å²) >= 11 is 5.34. The van der Waals surface area contributed by atoms with E-state index < -0.39 is 0 Å². The SMILES string of the molecule is CCOc1ccc(CNC(=S)Nc2ccc(C(C)C)cc2)cc1. The van der Waals surface area contributed by atoms with Gasteiger partial charge in [-0.15, -0.1) is 0 Å². The summed E-state index contributed by atoms with van der Waals surface area (Å²) in [6.45, 7) is 7.72. The Bertz CT molecular complexity index is 621. The van der Waals surface area contributed by atoms with Crippen LogP contribution < -0.4 is 15.4 Å². The fourth-order valence-corrected chi connectivity index (χ4v) is 2.37. The molecule has 0 aliphatic carbocycles. The standard InChI is InChI=1S/C19H24N2OS/c1-4-22-18-11-5-15(6-12-18)13-20-19(23)21-17-9-7-16(8-10-17)14(2)3/h5-12,14H,4,13H2,1-3H3,(H2,20,21,23). The fraction of sp³-hybridized carbons (Fsp3) is 0.316. The van der Waals surface area contributed by atoms with Crippen molar-refractivity contribution in [2.75, 3.05) is 11.9 Å². The summed E-state index contributed by atoms with van der Waals surface area (Å²) in [6, 6.07) is 16.4. The summed E-state index contributed by atoms with van der Waals surface area (Å²) in [7, 11) is 0. The molecule has 0 radical (unpaired) electrons. The fourth-order valence-electron chi connectivity index (χ4n) is 2.18. The van der Waals surface area contributed by atoms with E-state index in [0.717, 1.165) is 17.0 Å². The van der Waals surface area contributed by atoms with Crippen molar-refractivity contribution in [1.29, 1.82) is 0 Å². The second kappa shape index (κ2) is 8.53. The molecule has 2 aromatic carbocycles. The molecule has 0 bridgehead atoms. The van der Waals surface area contributed by atoms with Crippen LogP contribution in [0.4, 0.5) is 5.69 Å². The molecule has 0 amide bonds. The molecule has 0 fully saturated rings. The van der Waals surface area contributed by atoms with Gasteiger partial charge in [0, 0.05) is 12.2 Å². The van der Waals surface area contributed by atoms with Crippen molar-refractivity contribution in [3.63, 3.8) is 0 Å². The predicted molar refractivity (Wildman–Crippen MR) is 101 cm³/mol. The lowest BCUT2D eigenvalue weighted by Gasteiger charge is -2.12. The molecule has 0 heterocycles. The largest absolute Gasteiger partial charge is 0.494 e. The minimum absolute atomic E-state index is 0.536. The number of ether oxygens (including phenoxy) is 1. The zero-order valence-electron chi connectivity index (χ0n) is 13.9. The monoisotopic (exact) mass is 328 g/mol. The minimum Gasteiger partial charge on any atom is -0.494 e. The predicted octanol–water partition coefficient (Wildman–Crippen LogP) is 4.70. The molecule has 0 unspecified atom stereocenters. The van der Waals surface area contributed by atoms with Gasteiger partial charge in [0.1, 0.15) is 5.75 Å². The van der Waals surface area contributed by atoms with Gasteiger partial charge in [-0.3, -0.25) is 0 Å². The third-order valence-corrected chi connectivity index (χ3v) is 3.77. The quantitative estimate of drug-likeness (QED) is 0.753. The zero-order chi connectivity index (χ0) is 16.7. The molecule has 2 aromatic rings. The Morgan fingerprint density at radius 2 is 1.70 bits per heavy atom. The number of anilines is 1. The van der Waals surface area contributed by atoms with Gasteiger partial charge in [0.2, 0.25) is 0 Å². The first-order valence-electron chi connectivity index (χ1n) is 7.95. The summed E-state index contributed by atoms with van der Waals surface area (Å²) in [6.07, 6.45) is 0. The summed E-state index contributed by atoms with van der Waals surface area (Å²) < 4.78 is 5.43. The smallest absolute Gasteiger partial charge is 0.171 e. The average molecular weight is 328 g/mol. The molecule has 3 nitrogen and oxygen atoms in total. The van der Waals surface area contributed by atoms with Gasteiger partial charge in [-0.25, -0.2) is 0 Å². The molecule has 0 spiro atoms. The summed E-state index contributed by atoms with van der Waals surface area (Å²) in [4.78, 5) is 0. The molecule has 122 valence electrons. The maximum Gasteiger partial charge on any atom is 0.171 e. The van der Waals surface area contributed by atoms with Crippen LogP contribution >= 0.6 is 12.2 Å². The highest BCUT2D eigenvalue weighted by Gasteiger charge is 2.01. The zero-order valence-corrected chi connectivity index (χ0v) is 14.7. The lowest BCUT2D eigenvalue weighted by Crippen LogP contribution is -2.27. The number of hydrogen-bond acceptors (Lipinski definition) is 2. The number of hydrogen-bond donors (Lipinski definition) is 2. The molecule has 0 aliphatic heterocycles. The van der Waals surface area contributed by atoms with Crippen molar-refractivity contribution in [1.82, 2.24) is 5.32 Å². The summed E-state index contributed by atoms with van der Waals surface area (Å²) in [5.74, 6) is 1.43. The number of rotatable bonds is 6. The van der Waals surface area contributed by atoms with Crippen LogP contribution in [0.1, 0.15) is 37.8 Å². The van der Waals surface area contributed by atoms with Crippen molar-refractivity contribution < 1.29 is 4.74 Å². The third-order valence-electron chi connectivity index (χ3n) is 3.52. The molecule has 0 atom stereocenters. The van der Waals surface area contributed by atoms with Crippen LogP contribution in [-0.4, -0.2) is 11.7 Å². The molecule has 0 aromatic heterocycles. The maximum atomic E-state index is 5.43. The first kappa shape index (κ1) is 17.3. The molecule has 0 saturated heterocycles. The maximum absolute atomic E-state index is 5.43. The second-order valence-corrected chi connectivity index (χ2v) is 6.07. The Kier molecular flexibility index (Phi) is 6.41. The van der Waals surface area contributed by atoms with Gasteiger partial charge in [-0.1, -0.05) is 38.1 Å². The highest BCUT2D eigenvalue weighted by atomic mass is 32.1. The highest BCUT2D eigenvalue weighted by Crippen LogP contribution is 2.17. The molecule has 23 heavy (non-hydrogen) atoms. The van der Waals surface area contributed by atoms with Gasteiger partial charge in [0.05, 0.1) is 6.61 Å². The third kappa shape index (κ3) is 5.57. The van der Waals surface area contributed by atoms with Gasteiger partial charge >= 0.3 is 0 Å². The van der Waals surface area contributed by atoms with E-state index in [9.17, 15) is 0 Å². The van der Waals surface area contributed by atoms with Crippen LogP contribution in [0, 0.1) is 0 Å². The van der Waals surface area contributed by atoms with Gasteiger partial charge in [-0.2, -0.15) is 0 Å². The molecule has 0 aliphatic rings. The van der Waals surface area contributed by atoms with E-state index in [2.05, 4.69) is 48.7 Å². The van der Waals surface area contributed by atoms with E-state index in [1.54, 1.807) is 0 Å². The first-order valence-corrected chi connectivity index (χ1v) is 8.36. The van der Waals surface area contributed by atoms with Crippen LogP contribution in [0.15, 0.2) is 48.5 Å². The molecule has 4 heteroatoms. The van der Waals surface area contributed by atoms with Crippen molar-refractivity contribution in [2.45, 2.75) is 33.2 Å². The van der Waals surface area contributed by atoms with Gasteiger partial charge in [0.15, 0.2) is 5.11 Å². The van der Waals surface area contributed by atoms with Crippen LogP contribution in [0.2, 0.25) is 0 Å². The van der Waals surface area contributed by atoms with Crippen LogP contribution in [0.25, 0.3) is 0 Å². The average Bonchev–Trinajstić information content (AvgIpc) is 2.55. The number of thiocarbonyl (C=S) groups is 1. The first-order chi connectivity index (χ1) is 11.1. The number of benzene rings is 2. The van der Waals surface area contributed by atoms with Gasteiger partial charge in [0.25, 0.3) is 0 Å². The van der Waals surface area contributed by atoms with Crippen molar-refractivity contribution in [2.24, 2.45) is 0 Å². The second-order valence-electron chi connectivity index (χ2n) is 5.66. The van der Waals surface area contributed by atoms with E-state index in [-0.39, 0.29) is 0 Å². The Morgan fingerprint density at radius 3 is 2.26 bits per heavy atom. The van der Waals surface area contributed by atoms with E-state index in [0.29, 0.717) is 24.2 Å². The Hall–Kier alpha value is -2.07. The summed E-state index contributed by atoms with van der Waals surface area (Å²) in [5.41, 5.74) is 3.48. The normalized spacial score (nSPS) is 10.4. The minimum atomic E-state index is 0.536. The van der Waals surface area contributed by atoms with Crippen molar-refractivity contribution in [3.05, 3.63) is 59.7 Å². The van der Waals surface area contributed by atoms with Crippen molar-refractivity contribution in [3.8, 4) is 5.75 Å². The molecule has 0 saturated carbocycles. The number of nitrogens with one attached hydrogen (secondary N) is 2.